The van der Waals surface area contributed by atoms with E-state index in [1.54, 1.807) is 0 Å². The number of fused-ring (bicyclic) bond motifs is 2. The summed E-state index contributed by atoms with van der Waals surface area (Å²) in [5.41, 5.74) is 5.77. The van der Waals surface area contributed by atoms with E-state index in [-0.39, 0.29) is 30.7 Å². The highest BCUT2D eigenvalue weighted by Gasteiger charge is 2.47. The van der Waals surface area contributed by atoms with Gasteiger partial charge in [-0.3, -0.25) is 9.69 Å². The number of amides is 1. The Hall–Kier alpha value is -2.08. The van der Waals surface area contributed by atoms with Gasteiger partial charge in [-0.05, 0) is 55.6 Å². The van der Waals surface area contributed by atoms with Crippen molar-refractivity contribution in [3.05, 3.63) is 65.0 Å². The van der Waals surface area contributed by atoms with Crippen LogP contribution in [-0.2, 0) is 11.2 Å². The summed E-state index contributed by atoms with van der Waals surface area (Å²) < 4.78 is 0. The molecule has 7 heteroatoms. The van der Waals surface area contributed by atoms with E-state index in [4.69, 9.17) is 0 Å². The summed E-state index contributed by atoms with van der Waals surface area (Å²) in [6, 6.07) is 15.2. The molecule has 31 heavy (non-hydrogen) atoms. The average molecular weight is 461 g/mol. The molecule has 0 aliphatic carbocycles. The molecule has 2 saturated heterocycles. The molecule has 2 aliphatic heterocycles. The lowest BCUT2D eigenvalue weighted by Crippen LogP contribution is -2.34. The van der Waals surface area contributed by atoms with Crippen LogP contribution in [0.2, 0.25) is 0 Å². The molecule has 2 aromatic carbocycles. The van der Waals surface area contributed by atoms with Crippen molar-refractivity contribution < 1.29 is 4.79 Å². The third kappa shape index (κ3) is 4.32. The third-order valence-corrected chi connectivity index (χ3v) is 6.77. The van der Waals surface area contributed by atoms with E-state index in [1.165, 1.54) is 11.1 Å². The number of benzene rings is 2. The molecule has 0 saturated carbocycles. The van der Waals surface area contributed by atoms with Gasteiger partial charge in [-0.15, -0.1) is 24.8 Å². The predicted molar refractivity (Wildman–Crippen MR) is 129 cm³/mol. The van der Waals surface area contributed by atoms with Gasteiger partial charge in [0.25, 0.3) is 0 Å². The minimum Gasteiger partial charge on any atom is -0.342 e. The number of aryl methyl sites for hydroxylation is 2. The summed E-state index contributed by atoms with van der Waals surface area (Å²) in [4.78, 5) is 25.4. The molecular weight excluding hydrogens is 431 g/mol. The number of imidazole rings is 1. The highest BCUT2D eigenvalue weighted by atomic mass is 35.5. The lowest BCUT2D eigenvalue weighted by atomic mass is 9.88. The summed E-state index contributed by atoms with van der Waals surface area (Å²) >= 11 is 0. The van der Waals surface area contributed by atoms with Crippen LogP contribution in [0.15, 0.2) is 42.5 Å². The molecule has 0 radical (unpaired) electrons. The van der Waals surface area contributed by atoms with Gasteiger partial charge in [-0.2, -0.15) is 0 Å². The molecule has 3 heterocycles. The first-order chi connectivity index (χ1) is 14.0. The highest BCUT2D eigenvalue weighted by Crippen LogP contribution is 2.44. The van der Waals surface area contributed by atoms with Gasteiger partial charge in [0.1, 0.15) is 5.82 Å². The summed E-state index contributed by atoms with van der Waals surface area (Å²) in [7, 11) is 2.23. The van der Waals surface area contributed by atoms with Crippen molar-refractivity contribution in [3.8, 4) is 0 Å². The molecule has 5 rings (SSSR count). The molecule has 5 nitrogen and oxygen atoms in total. The van der Waals surface area contributed by atoms with E-state index in [9.17, 15) is 4.79 Å². The summed E-state index contributed by atoms with van der Waals surface area (Å²) in [6.45, 7) is 6.95. The molecular formula is C24H30Cl2N4O. The van der Waals surface area contributed by atoms with Gasteiger partial charge in [0.15, 0.2) is 0 Å². The number of nitrogens with one attached hydrogen (secondary N) is 1. The maximum Gasteiger partial charge on any atom is 0.227 e. The van der Waals surface area contributed by atoms with Crippen molar-refractivity contribution in [2.45, 2.75) is 26.3 Å². The van der Waals surface area contributed by atoms with Crippen molar-refractivity contribution in [2.24, 2.45) is 11.8 Å². The normalized spacial score (nSPS) is 22.8. The number of hydrogen-bond acceptors (Lipinski definition) is 3. The van der Waals surface area contributed by atoms with Gasteiger partial charge < -0.3 is 9.88 Å². The largest absolute Gasteiger partial charge is 0.342 e. The lowest BCUT2D eigenvalue weighted by molar-refractivity contribution is -0.129. The van der Waals surface area contributed by atoms with Gasteiger partial charge in [-0.1, -0.05) is 30.3 Å². The summed E-state index contributed by atoms with van der Waals surface area (Å²) in [5, 5.41) is 0. The standard InChI is InChI=1S/C24H28N4O.2ClH/c1-15-6-4-5-7-19(15)24-20-14-28(13-18(20)12-27(24)3)23(29)11-17-8-9-21-22(10-17)26-16(2)25-21;;/h4-10,18,20,24H,11-14H2,1-3H3,(H,25,26);2*1H/t18-,20+,24+;;/m0../s1. The number of carbonyl (C=O) groups excluding carboxylic acids is 1. The third-order valence-electron chi connectivity index (χ3n) is 6.77. The smallest absolute Gasteiger partial charge is 0.227 e. The van der Waals surface area contributed by atoms with E-state index in [2.05, 4.69) is 64.1 Å². The molecule has 0 spiro atoms. The zero-order valence-electron chi connectivity index (χ0n) is 18.2. The molecule has 1 N–H and O–H groups in total. The average Bonchev–Trinajstić information content (AvgIpc) is 3.33. The van der Waals surface area contributed by atoms with E-state index in [1.807, 2.05) is 19.1 Å². The molecule has 2 fully saturated rings. The van der Waals surface area contributed by atoms with Crippen LogP contribution < -0.4 is 0 Å². The predicted octanol–water partition coefficient (Wildman–Crippen LogP) is 4.33. The van der Waals surface area contributed by atoms with Crippen LogP contribution in [0.25, 0.3) is 11.0 Å². The number of carbonyl (C=O) groups is 1. The Kier molecular flexibility index (Phi) is 6.99. The monoisotopic (exact) mass is 460 g/mol. The number of rotatable bonds is 3. The van der Waals surface area contributed by atoms with Crippen molar-refractivity contribution >= 4 is 41.8 Å². The number of aromatic nitrogens is 2. The Morgan fingerprint density at radius 2 is 1.87 bits per heavy atom. The van der Waals surface area contributed by atoms with E-state index in [0.29, 0.717) is 24.3 Å². The molecule has 1 aromatic heterocycles. The molecule has 0 bridgehead atoms. The van der Waals surface area contributed by atoms with Crippen LogP contribution in [0.4, 0.5) is 0 Å². The van der Waals surface area contributed by atoms with Crippen LogP contribution in [0, 0.1) is 25.7 Å². The number of hydrogen-bond donors (Lipinski definition) is 1. The Balaban J connectivity index is 0.00000136. The number of H-pyrrole nitrogens is 1. The summed E-state index contributed by atoms with van der Waals surface area (Å²) in [5.74, 6) is 2.22. The number of likely N-dealkylation sites (tertiary alicyclic amines) is 2. The second-order valence-electron chi connectivity index (χ2n) is 8.81. The van der Waals surface area contributed by atoms with Gasteiger partial charge in [-0.25, -0.2) is 4.98 Å². The minimum absolute atomic E-state index is 0. The quantitative estimate of drug-likeness (QED) is 0.632. The Bertz CT molecular complexity index is 1080. The topological polar surface area (TPSA) is 52.2 Å². The van der Waals surface area contributed by atoms with E-state index >= 15 is 0 Å². The van der Waals surface area contributed by atoms with Crippen molar-refractivity contribution in [1.29, 1.82) is 0 Å². The molecule has 3 aromatic rings. The van der Waals surface area contributed by atoms with Crippen LogP contribution in [0.3, 0.4) is 0 Å². The van der Waals surface area contributed by atoms with Crippen LogP contribution in [0.5, 0.6) is 0 Å². The Morgan fingerprint density at radius 1 is 1.10 bits per heavy atom. The Labute approximate surface area is 196 Å². The zero-order chi connectivity index (χ0) is 20.1. The van der Waals surface area contributed by atoms with Crippen molar-refractivity contribution in [3.63, 3.8) is 0 Å². The van der Waals surface area contributed by atoms with Crippen LogP contribution >= 0.6 is 24.8 Å². The first kappa shape index (κ1) is 23.6. The Morgan fingerprint density at radius 3 is 2.65 bits per heavy atom. The minimum atomic E-state index is 0. The fraction of sp³-hybridized carbons (Fsp3) is 0.417. The first-order valence-electron chi connectivity index (χ1n) is 10.5. The second-order valence-corrected chi connectivity index (χ2v) is 8.81. The number of aromatic amines is 1. The number of halogens is 2. The van der Waals surface area contributed by atoms with Gasteiger partial charge in [0.2, 0.25) is 5.91 Å². The molecule has 2 aliphatic rings. The van der Waals surface area contributed by atoms with Gasteiger partial charge >= 0.3 is 0 Å². The lowest BCUT2D eigenvalue weighted by Gasteiger charge is -2.28. The molecule has 1 amide bonds. The van der Waals surface area contributed by atoms with Crippen molar-refractivity contribution in [2.75, 3.05) is 26.7 Å². The maximum atomic E-state index is 13.1. The maximum absolute atomic E-state index is 13.1. The van der Waals surface area contributed by atoms with Crippen LogP contribution in [-0.4, -0.2) is 52.4 Å². The second kappa shape index (κ2) is 9.19. The van der Waals surface area contributed by atoms with Crippen LogP contribution in [0.1, 0.15) is 28.6 Å². The molecule has 0 unspecified atom stereocenters. The number of nitrogens with zero attached hydrogens (tertiary/aromatic N) is 3. The molecule has 3 atom stereocenters. The van der Waals surface area contributed by atoms with Gasteiger partial charge in [0.05, 0.1) is 17.5 Å². The fourth-order valence-electron chi connectivity index (χ4n) is 5.43. The molecule has 166 valence electrons. The first-order valence-corrected chi connectivity index (χ1v) is 10.5. The SMILES string of the molecule is Cc1nc2ccc(CC(=O)N3C[C@@H]4CN(C)[C@H](c5ccccc5C)[C@@H]4C3)cc2[nH]1.Cl.Cl. The van der Waals surface area contributed by atoms with Crippen molar-refractivity contribution in [1.82, 2.24) is 19.8 Å². The highest BCUT2D eigenvalue weighted by molar-refractivity contribution is 5.85. The zero-order valence-corrected chi connectivity index (χ0v) is 19.8. The van der Waals surface area contributed by atoms with E-state index in [0.717, 1.165) is 42.1 Å². The van der Waals surface area contributed by atoms with E-state index < -0.39 is 0 Å². The fourth-order valence-corrected chi connectivity index (χ4v) is 5.43. The van der Waals surface area contributed by atoms with Gasteiger partial charge in [0, 0.05) is 31.6 Å². The summed E-state index contributed by atoms with van der Waals surface area (Å²) in [6.07, 6.45) is 0.457.